The quantitative estimate of drug-likeness (QED) is 0.791. The van der Waals surface area contributed by atoms with Crippen molar-refractivity contribution in [1.82, 2.24) is 25.1 Å². The Morgan fingerprint density at radius 1 is 1.09 bits per heavy atom. The van der Waals surface area contributed by atoms with Crippen LogP contribution in [0.15, 0.2) is 23.0 Å². The largest absolute Gasteiger partial charge is 0.361 e. The first kappa shape index (κ1) is 15.1. The highest BCUT2D eigenvalue weighted by molar-refractivity contribution is 5.68. The predicted molar refractivity (Wildman–Crippen MR) is 86.4 cm³/mol. The summed E-state index contributed by atoms with van der Waals surface area (Å²) in [6, 6.07) is 1.88. The maximum absolute atomic E-state index is 5.24. The molecule has 7 heteroatoms. The average Bonchev–Trinajstić information content (AvgIpc) is 2.88. The van der Waals surface area contributed by atoms with E-state index in [0.29, 0.717) is 5.82 Å². The van der Waals surface area contributed by atoms with Gasteiger partial charge in [0, 0.05) is 12.5 Å². The highest BCUT2D eigenvalue weighted by Crippen LogP contribution is 2.27. The van der Waals surface area contributed by atoms with Gasteiger partial charge in [0.15, 0.2) is 0 Å². The summed E-state index contributed by atoms with van der Waals surface area (Å²) in [7, 11) is 0. The van der Waals surface area contributed by atoms with Crippen molar-refractivity contribution in [3.05, 3.63) is 41.6 Å². The van der Waals surface area contributed by atoms with Crippen molar-refractivity contribution >= 4 is 11.5 Å². The highest BCUT2D eigenvalue weighted by atomic mass is 16.5. The number of hydrogen-bond acceptors (Lipinski definition) is 7. The zero-order chi connectivity index (χ0) is 16.4. The summed E-state index contributed by atoms with van der Waals surface area (Å²) in [5.41, 5.74) is 3.29. The standard InChI is InChI=1S/C16H18N6O/c1-5-14-20-13(16-9(2)22-23-10(16)3)6-15(21-14)19-12-7-17-11(4)18-8-12/h6-8H,5H2,1-4H3,(H,19,20,21). The first-order valence-electron chi connectivity index (χ1n) is 7.43. The molecule has 0 fully saturated rings. The Morgan fingerprint density at radius 2 is 1.83 bits per heavy atom. The van der Waals surface area contributed by atoms with Crippen molar-refractivity contribution in [2.75, 3.05) is 5.32 Å². The molecule has 0 atom stereocenters. The van der Waals surface area contributed by atoms with Crippen LogP contribution in [0.5, 0.6) is 0 Å². The summed E-state index contributed by atoms with van der Waals surface area (Å²) in [5.74, 6) is 2.91. The molecule has 0 aliphatic rings. The first-order chi connectivity index (χ1) is 11.1. The third-order valence-electron chi connectivity index (χ3n) is 3.43. The Morgan fingerprint density at radius 3 is 2.43 bits per heavy atom. The fourth-order valence-electron chi connectivity index (χ4n) is 2.30. The molecule has 0 bridgehead atoms. The fourth-order valence-corrected chi connectivity index (χ4v) is 2.30. The van der Waals surface area contributed by atoms with Crippen molar-refractivity contribution in [3.8, 4) is 11.3 Å². The van der Waals surface area contributed by atoms with Crippen LogP contribution in [0, 0.1) is 20.8 Å². The SMILES string of the molecule is CCc1nc(Nc2cnc(C)nc2)cc(-c2c(C)noc2C)n1. The molecule has 1 N–H and O–H groups in total. The maximum atomic E-state index is 5.24. The number of nitrogens with one attached hydrogen (secondary N) is 1. The second-order valence-corrected chi connectivity index (χ2v) is 5.25. The number of aromatic nitrogens is 5. The molecule has 3 heterocycles. The average molecular weight is 310 g/mol. The van der Waals surface area contributed by atoms with E-state index < -0.39 is 0 Å². The van der Waals surface area contributed by atoms with Crippen LogP contribution in [0.1, 0.15) is 30.0 Å². The van der Waals surface area contributed by atoms with Gasteiger partial charge in [-0.2, -0.15) is 0 Å². The topological polar surface area (TPSA) is 89.6 Å². The van der Waals surface area contributed by atoms with E-state index in [1.807, 2.05) is 33.8 Å². The molecule has 3 aromatic rings. The molecule has 3 rings (SSSR count). The molecule has 0 aliphatic heterocycles. The van der Waals surface area contributed by atoms with Gasteiger partial charge < -0.3 is 9.84 Å². The van der Waals surface area contributed by atoms with E-state index in [0.717, 1.165) is 46.5 Å². The smallest absolute Gasteiger partial charge is 0.143 e. The molecule has 0 radical (unpaired) electrons. The highest BCUT2D eigenvalue weighted by Gasteiger charge is 2.15. The van der Waals surface area contributed by atoms with Gasteiger partial charge in [0.05, 0.1) is 35.0 Å². The second kappa shape index (κ2) is 6.12. The molecule has 0 aliphatic carbocycles. The van der Waals surface area contributed by atoms with Gasteiger partial charge in [0.1, 0.15) is 23.2 Å². The van der Waals surface area contributed by atoms with E-state index in [9.17, 15) is 0 Å². The van der Waals surface area contributed by atoms with Crippen LogP contribution in [-0.2, 0) is 6.42 Å². The Balaban J connectivity index is 2.01. The molecule has 0 spiro atoms. The summed E-state index contributed by atoms with van der Waals surface area (Å²) >= 11 is 0. The lowest BCUT2D eigenvalue weighted by Gasteiger charge is -2.09. The lowest BCUT2D eigenvalue weighted by molar-refractivity contribution is 0.393. The number of rotatable bonds is 4. The minimum Gasteiger partial charge on any atom is -0.361 e. The van der Waals surface area contributed by atoms with Crippen LogP contribution in [-0.4, -0.2) is 25.1 Å². The number of aryl methyl sites for hydroxylation is 4. The molecule has 0 saturated heterocycles. The Labute approximate surface area is 134 Å². The minimum atomic E-state index is 0.694. The summed E-state index contributed by atoms with van der Waals surface area (Å²) < 4.78 is 5.24. The van der Waals surface area contributed by atoms with Crippen molar-refractivity contribution in [2.45, 2.75) is 34.1 Å². The van der Waals surface area contributed by atoms with E-state index in [-0.39, 0.29) is 0 Å². The molecule has 118 valence electrons. The monoisotopic (exact) mass is 310 g/mol. The Hall–Kier alpha value is -2.83. The van der Waals surface area contributed by atoms with Gasteiger partial charge in [-0.05, 0) is 20.8 Å². The zero-order valence-electron chi connectivity index (χ0n) is 13.6. The van der Waals surface area contributed by atoms with Crippen LogP contribution in [0.3, 0.4) is 0 Å². The maximum Gasteiger partial charge on any atom is 0.143 e. The van der Waals surface area contributed by atoms with Gasteiger partial charge in [0.25, 0.3) is 0 Å². The van der Waals surface area contributed by atoms with E-state index >= 15 is 0 Å². The van der Waals surface area contributed by atoms with Crippen LogP contribution >= 0.6 is 0 Å². The predicted octanol–water partition coefficient (Wildman–Crippen LogP) is 3.15. The van der Waals surface area contributed by atoms with E-state index in [1.165, 1.54) is 0 Å². The molecule has 0 saturated carbocycles. The molecular weight excluding hydrogens is 292 g/mol. The van der Waals surface area contributed by atoms with Crippen LogP contribution in [0.25, 0.3) is 11.3 Å². The van der Waals surface area contributed by atoms with Crippen molar-refractivity contribution < 1.29 is 4.52 Å². The van der Waals surface area contributed by atoms with Gasteiger partial charge >= 0.3 is 0 Å². The Kier molecular flexibility index (Phi) is 4.01. The number of nitrogens with zero attached hydrogens (tertiary/aromatic N) is 5. The lowest BCUT2D eigenvalue weighted by Crippen LogP contribution is -2.02. The molecular formula is C16H18N6O. The molecule has 0 aromatic carbocycles. The van der Waals surface area contributed by atoms with Gasteiger partial charge in [-0.3, -0.25) is 0 Å². The Bertz CT molecular complexity index is 806. The van der Waals surface area contributed by atoms with Gasteiger partial charge in [-0.25, -0.2) is 19.9 Å². The van der Waals surface area contributed by atoms with Crippen molar-refractivity contribution in [1.29, 1.82) is 0 Å². The van der Waals surface area contributed by atoms with Crippen LogP contribution in [0.4, 0.5) is 11.5 Å². The van der Waals surface area contributed by atoms with Crippen LogP contribution in [0.2, 0.25) is 0 Å². The molecule has 0 amide bonds. The summed E-state index contributed by atoms with van der Waals surface area (Å²) in [4.78, 5) is 17.5. The lowest BCUT2D eigenvalue weighted by atomic mass is 10.1. The van der Waals surface area contributed by atoms with Crippen LogP contribution < -0.4 is 5.32 Å². The minimum absolute atomic E-state index is 0.694. The number of hydrogen-bond donors (Lipinski definition) is 1. The molecule has 23 heavy (non-hydrogen) atoms. The van der Waals surface area contributed by atoms with E-state index in [4.69, 9.17) is 4.52 Å². The fraction of sp³-hybridized carbons (Fsp3) is 0.312. The third-order valence-corrected chi connectivity index (χ3v) is 3.43. The molecule has 7 nitrogen and oxygen atoms in total. The summed E-state index contributed by atoms with van der Waals surface area (Å²) in [6.45, 7) is 7.65. The first-order valence-corrected chi connectivity index (χ1v) is 7.43. The van der Waals surface area contributed by atoms with Crippen molar-refractivity contribution in [3.63, 3.8) is 0 Å². The van der Waals surface area contributed by atoms with Gasteiger partial charge in [-0.1, -0.05) is 12.1 Å². The molecule has 3 aromatic heterocycles. The van der Waals surface area contributed by atoms with Gasteiger partial charge in [-0.15, -0.1) is 0 Å². The van der Waals surface area contributed by atoms with E-state index in [1.54, 1.807) is 12.4 Å². The summed E-state index contributed by atoms with van der Waals surface area (Å²) in [5, 5.41) is 7.22. The second-order valence-electron chi connectivity index (χ2n) is 5.25. The van der Waals surface area contributed by atoms with E-state index in [2.05, 4.69) is 30.4 Å². The molecule has 0 unspecified atom stereocenters. The third kappa shape index (κ3) is 3.18. The zero-order valence-corrected chi connectivity index (χ0v) is 13.6. The van der Waals surface area contributed by atoms with Crippen molar-refractivity contribution in [2.24, 2.45) is 0 Å². The normalized spacial score (nSPS) is 10.8. The van der Waals surface area contributed by atoms with Gasteiger partial charge in [0.2, 0.25) is 0 Å². The number of anilines is 2. The summed E-state index contributed by atoms with van der Waals surface area (Å²) in [6.07, 6.45) is 4.19.